The van der Waals surface area contributed by atoms with E-state index in [0.29, 0.717) is 6.61 Å². The molecule has 192 valence electrons. The molecule has 5 nitrogen and oxygen atoms in total. The van der Waals surface area contributed by atoms with Crippen LogP contribution in [0.15, 0.2) is 103 Å². The quantitative estimate of drug-likeness (QED) is 0.272. The standard InChI is InChI=1S/C33H31NO4/c35-33(19-25-12-6-2-7-13-25)36-22-30(26-14-8-3-9-15-26)34-17-16-27-20-31-32(38-23-37-31)21-28(27)29(34)18-24-10-4-1-5-11-24/h1-15,20-21,29-30H,16-19,22-23H2/t29-,30-/m0/s1. The van der Waals surface area contributed by atoms with E-state index in [0.717, 1.165) is 42.0 Å². The highest BCUT2D eigenvalue weighted by molar-refractivity contribution is 5.72. The maximum atomic E-state index is 12.9. The van der Waals surface area contributed by atoms with Gasteiger partial charge in [-0.15, -0.1) is 0 Å². The van der Waals surface area contributed by atoms with Crippen LogP contribution in [0.2, 0.25) is 0 Å². The summed E-state index contributed by atoms with van der Waals surface area (Å²) >= 11 is 0. The number of hydrogen-bond acceptors (Lipinski definition) is 5. The Bertz CT molecular complexity index is 1370. The van der Waals surface area contributed by atoms with E-state index in [4.69, 9.17) is 14.2 Å². The molecule has 0 spiro atoms. The Kier molecular flexibility index (Phi) is 7.10. The minimum atomic E-state index is -0.211. The Morgan fingerprint density at radius 1 is 0.842 bits per heavy atom. The summed E-state index contributed by atoms with van der Waals surface area (Å²) in [5, 5.41) is 0. The van der Waals surface area contributed by atoms with Gasteiger partial charge >= 0.3 is 5.97 Å². The Morgan fingerprint density at radius 2 is 1.47 bits per heavy atom. The summed E-state index contributed by atoms with van der Waals surface area (Å²) in [5.41, 5.74) is 5.90. The van der Waals surface area contributed by atoms with E-state index in [2.05, 4.69) is 65.6 Å². The van der Waals surface area contributed by atoms with Crippen molar-refractivity contribution in [2.45, 2.75) is 31.3 Å². The minimum absolute atomic E-state index is 0.0804. The summed E-state index contributed by atoms with van der Waals surface area (Å²) in [6, 6.07) is 35.0. The molecule has 0 amide bonds. The van der Waals surface area contributed by atoms with E-state index in [1.54, 1.807) is 0 Å². The summed E-state index contributed by atoms with van der Waals surface area (Å²) in [6.45, 7) is 1.40. The Balaban J connectivity index is 1.32. The number of ether oxygens (including phenoxy) is 3. The van der Waals surface area contributed by atoms with E-state index in [1.807, 2.05) is 42.5 Å². The van der Waals surface area contributed by atoms with Crippen LogP contribution in [0.25, 0.3) is 0 Å². The molecule has 0 radical (unpaired) electrons. The molecule has 0 saturated carbocycles. The molecule has 0 aliphatic carbocycles. The number of carbonyl (C=O) groups is 1. The number of carbonyl (C=O) groups excluding carboxylic acids is 1. The molecular weight excluding hydrogens is 474 g/mol. The van der Waals surface area contributed by atoms with Crippen LogP contribution in [-0.2, 0) is 28.8 Å². The van der Waals surface area contributed by atoms with Crippen molar-refractivity contribution >= 4 is 5.97 Å². The van der Waals surface area contributed by atoms with Gasteiger partial charge in [0.1, 0.15) is 6.61 Å². The topological polar surface area (TPSA) is 48.0 Å². The lowest BCUT2D eigenvalue weighted by Gasteiger charge is -2.42. The zero-order valence-corrected chi connectivity index (χ0v) is 21.3. The van der Waals surface area contributed by atoms with Crippen molar-refractivity contribution in [3.63, 3.8) is 0 Å². The van der Waals surface area contributed by atoms with Gasteiger partial charge in [-0.1, -0.05) is 91.0 Å². The van der Waals surface area contributed by atoms with E-state index < -0.39 is 0 Å². The van der Waals surface area contributed by atoms with Gasteiger partial charge in [-0.3, -0.25) is 9.69 Å². The summed E-state index contributed by atoms with van der Waals surface area (Å²) in [5.74, 6) is 1.41. The highest BCUT2D eigenvalue weighted by atomic mass is 16.7. The number of nitrogens with zero attached hydrogens (tertiary/aromatic N) is 1. The predicted octanol–water partition coefficient (Wildman–Crippen LogP) is 6.08. The van der Waals surface area contributed by atoms with E-state index >= 15 is 0 Å². The van der Waals surface area contributed by atoms with Gasteiger partial charge in [0.2, 0.25) is 6.79 Å². The summed E-state index contributed by atoms with van der Waals surface area (Å²) in [6.07, 6.45) is 2.00. The molecule has 38 heavy (non-hydrogen) atoms. The van der Waals surface area contributed by atoms with Gasteiger partial charge < -0.3 is 14.2 Å². The molecule has 0 unspecified atom stereocenters. The largest absolute Gasteiger partial charge is 0.463 e. The molecule has 2 aliphatic rings. The van der Waals surface area contributed by atoms with E-state index in [1.165, 1.54) is 16.7 Å². The van der Waals surface area contributed by atoms with Crippen LogP contribution < -0.4 is 9.47 Å². The smallest absolute Gasteiger partial charge is 0.310 e. The molecule has 0 bridgehead atoms. The maximum Gasteiger partial charge on any atom is 0.310 e. The molecule has 4 aromatic rings. The fourth-order valence-corrected chi connectivity index (χ4v) is 5.59. The zero-order valence-electron chi connectivity index (χ0n) is 21.3. The van der Waals surface area contributed by atoms with Gasteiger partial charge in [0.25, 0.3) is 0 Å². The van der Waals surface area contributed by atoms with Gasteiger partial charge in [0, 0.05) is 12.6 Å². The van der Waals surface area contributed by atoms with E-state index in [-0.39, 0.29) is 31.3 Å². The van der Waals surface area contributed by atoms with Crippen LogP contribution in [0.5, 0.6) is 11.5 Å². The van der Waals surface area contributed by atoms with Crippen molar-refractivity contribution in [3.05, 3.63) is 131 Å². The average Bonchev–Trinajstić information content (AvgIpc) is 3.42. The maximum absolute atomic E-state index is 12.9. The fourth-order valence-electron chi connectivity index (χ4n) is 5.59. The van der Waals surface area contributed by atoms with Crippen LogP contribution in [-0.4, -0.2) is 30.8 Å². The SMILES string of the molecule is O=C(Cc1ccccc1)OC[C@@H](c1ccccc1)N1CCc2cc3c(cc2[C@@H]1Cc1ccccc1)OCO3. The molecule has 5 heteroatoms. The third kappa shape index (κ3) is 5.29. The zero-order chi connectivity index (χ0) is 25.7. The molecular formula is C33H31NO4. The fraction of sp³-hybridized carbons (Fsp3) is 0.242. The Hall–Kier alpha value is -4.09. The second-order valence-corrected chi connectivity index (χ2v) is 9.87. The summed E-state index contributed by atoms with van der Waals surface area (Å²) in [4.78, 5) is 15.4. The normalized spacial score (nSPS) is 17.0. The second kappa shape index (κ2) is 11.1. The lowest BCUT2D eigenvalue weighted by molar-refractivity contribution is -0.145. The minimum Gasteiger partial charge on any atom is -0.463 e. The van der Waals surface area contributed by atoms with Gasteiger partial charge in [0.05, 0.1) is 12.5 Å². The lowest BCUT2D eigenvalue weighted by atomic mass is 9.86. The van der Waals surface area contributed by atoms with Crippen LogP contribution in [0, 0.1) is 0 Å². The van der Waals surface area contributed by atoms with Crippen molar-refractivity contribution in [2.24, 2.45) is 0 Å². The molecule has 2 atom stereocenters. The molecule has 2 aliphatic heterocycles. The van der Waals surface area contributed by atoms with Crippen molar-refractivity contribution in [2.75, 3.05) is 19.9 Å². The van der Waals surface area contributed by atoms with Crippen LogP contribution >= 0.6 is 0 Å². The molecule has 4 aromatic carbocycles. The lowest BCUT2D eigenvalue weighted by Crippen LogP contribution is -2.41. The first-order valence-electron chi connectivity index (χ1n) is 13.2. The number of benzene rings is 4. The van der Waals surface area contributed by atoms with Gasteiger partial charge in [0.15, 0.2) is 11.5 Å². The molecule has 0 N–H and O–H groups in total. The van der Waals surface area contributed by atoms with Crippen molar-refractivity contribution in [1.29, 1.82) is 0 Å². The Morgan fingerprint density at radius 3 is 2.18 bits per heavy atom. The molecule has 0 fully saturated rings. The van der Waals surface area contributed by atoms with Gasteiger partial charge in [-0.25, -0.2) is 0 Å². The average molecular weight is 506 g/mol. The third-order valence-electron chi connectivity index (χ3n) is 7.48. The number of esters is 1. The first kappa shape index (κ1) is 24.3. The first-order valence-corrected chi connectivity index (χ1v) is 13.2. The van der Waals surface area contributed by atoms with Crippen LogP contribution in [0.3, 0.4) is 0 Å². The summed E-state index contributed by atoms with van der Waals surface area (Å²) < 4.78 is 17.4. The Labute approximate surface area is 223 Å². The van der Waals surface area contributed by atoms with Gasteiger partial charge in [-0.2, -0.15) is 0 Å². The van der Waals surface area contributed by atoms with Crippen molar-refractivity contribution in [3.8, 4) is 11.5 Å². The highest BCUT2D eigenvalue weighted by Crippen LogP contribution is 2.44. The van der Waals surface area contributed by atoms with Gasteiger partial charge in [-0.05, 0) is 52.8 Å². The highest BCUT2D eigenvalue weighted by Gasteiger charge is 2.35. The molecule has 2 heterocycles. The molecule has 0 aromatic heterocycles. The van der Waals surface area contributed by atoms with Crippen molar-refractivity contribution < 1.29 is 19.0 Å². The van der Waals surface area contributed by atoms with Crippen LogP contribution in [0.1, 0.15) is 39.9 Å². The number of fused-ring (bicyclic) bond motifs is 2. The third-order valence-corrected chi connectivity index (χ3v) is 7.48. The number of rotatable bonds is 8. The first-order chi connectivity index (χ1) is 18.7. The molecule has 6 rings (SSSR count). The molecule has 0 saturated heterocycles. The number of hydrogen-bond donors (Lipinski definition) is 0. The van der Waals surface area contributed by atoms with E-state index in [9.17, 15) is 4.79 Å². The predicted molar refractivity (Wildman–Crippen MR) is 146 cm³/mol. The summed E-state index contributed by atoms with van der Waals surface area (Å²) in [7, 11) is 0. The van der Waals surface area contributed by atoms with Crippen LogP contribution in [0.4, 0.5) is 0 Å². The van der Waals surface area contributed by atoms with Crippen molar-refractivity contribution in [1.82, 2.24) is 4.90 Å². The second-order valence-electron chi connectivity index (χ2n) is 9.87. The monoisotopic (exact) mass is 505 g/mol.